The number of hydrogen-bond acceptors (Lipinski definition) is 6. The first-order valence-corrected chi connectivity index (χ1v) is 17.1. The Morgan fingerprint density at radius 2 is 1.60 bits per heavy atom. The van der Waals surface area contributed by atoms with Crippen LogP contribution in [-0.4, -0.2) is 60.7 Å². The van der Waals surface area contributed by atoms with E-state index < -0.39 is 16.6 Å². The van der Waals surface area contributed by atoms with Crippen LogP contribution in [0.2, 0.25) is 36.3 Å². The van der Waals surface area contributed by atoms with Crippen LogP contribution in [0.1, 0.15) is 60.8 Å². The first kappa shape index (κ1) is 27.8. The van der Waals surface area contributed by atoms with Crippen LogP contribution in [0.5, 0.6) is 0 Å². The molecule has 1 aliphatic rings. The van der Waals surface area contributed by atoms with E-state index in [-0.39, 0.29) is 40.7 Å². The molecule has 0 bridgehead atoms. The van der Waals surface area contributed by atoms with Gasteiger partial charge in [-0.3, -0.25) is 4.79 Å². The molecule has 1 aliphatic heterocycles. The molecule has 8 heteroatoms. The summed E-state index contributed by atoms with van der Waals surface area (Å²) in [7, 11) is -3.86. The molecule has 0 spiro atoms. The van der Waals surface area contributed by atoms with Crippen molar-refractivity contribution in [2.75, 3.05) is 19.8 Å². The van der Waals surface area contributed by atoms with Crippen LogP contribution in [0.4, 0.5) is 0 Å². The summed E-state index contributed by atoms with van der Waals surface area (Å²) in [5.41, 5.74) is 6.09. The Labute approximate surface area is 186 Å². The van der Waals surface area contributed by atoms with Crippen molar-refractivity contribution < 1.29 is 23.1 Å². The highest BCUT2D eigenvalue weighted by Crippen LogP contribution is 2.39. The van der Waals surface area contributed by atoms with Crippen LogP contribution in [0.15, 0.2) is 0 Å². The number of esters is 1. The lowest BCUT2D eigenvalue weighted by Crippen LogP contribution is -2.49. The van der Waals surface area contributed by atoms with E-state index in [1.807, 2.05) is 0 Å². The van der Waals surface area contributed by atoms with Crippen molar-refractivity contribution in [2.45, 2.75) is 115 Å². The lowest BCUT2D eigenvalue weighted by atomic mass is 10.1. The number of ether oxygens (including phenoxy) is 2. The van der Waals surface area contributed by atoms with Gasteiger partial charge in [0.05, 0.1) is 31.8 Å². The molecule has 0 unspecified atom stereocenters. The van der Waals surface area contributed by atoms with E-state index in [1.54, 1.807) is 0 Å². The SMILES string of the molecule is CC(C)(C)[Si](C)(C)OCC[C@H]1OC[C@@H](N)CC(=O)OCC[C@H]1O[Si](C)(C)C(C)(C)C. The number of cyclic esters (lactones) is 1. The number of carbonyl (C=O) groups is 1. The Morgan fingerprint density at radius 1 is 1.03 bits per heavy atom. The quantitative estimate of drug-likeness (QED) is 0.450. The van der Waals surface area contributed by atoms with Crippen molar-refractivity contribution in [3.05, 3.63) is 0 Å². The molecule has 2 N–H and O–H groups in total. The highest BCUT2D eigenvalue weighted by atomic mass is 28.4. The maximum Gasteiger partial charge on any atom is 0.307 e. The maximum atomic E-state index is 11.9. The highest BCUT2D eigenvalue weighted by Gasteiger charge is 2.42. The zero-order valence-electron chi connectivity index (χ0n) is 21.1. The van der Waals surface area contributed by atoms with Gasteiger partial charge in [-0.25, -0.2) is 0 Å². The van der Waals surface area contributed by atoms with Crippen molar-refractivity contribution in [1.82, 2.24) is 0 Å². The van der Waals surface area contributed by atoms with Gasteiger partial charge in [-0.05, 0) is 42.7 Å². The Balaban J connectivity index is 2.97. The zero-order chi connectivity index (χ0) is 23.4. The van der Waals surface area contributed by atoms with E-state index in [2.05, 4.69) is 67.7 Å². The predicted octanol–water partition coefficient (Wildman–Crippen LogP) is 4.84. The molecule has 0 aromatic carbocycles. The fourth-order valence-corrected chi connectivity index (χ4v) is 5.21. The Morgan fingerprint density at radius 3 is 2.13 bits per heavy atom. The fourth-order valence-electron chi connectivity index (χ4n) is 2.77. The lowest BCUT2D eigenvalue weighted by Gasteiger charge is -2.42. The zero-order valence-corrected chi connectivity index (χ0v) is 23.1. The van der Waals surface area contributed by atoms with Crippen molar-refractivity contribution in [2.24, 2.45) is 5.73 Å². The molecule has 0 aliphatic carbocycles. The molecule has 0 aromatic rings. The molecule has 1 heterocycles. The van der Waals surface area contributed by atoms with Gasteiger partial charge in [0.25, 0.3) is 0 Å². The molecular formula is C22H47NO5Si2. The fraction of sp³-hybridized carbons (Fsp3) is 0.955. The molecule has 1 fully saturated rings. The summed E-state index contributed by atoms with van der Waals surface area (Å²) in [5.74, 6) is -0.267. The summed E-state index contributed by atoms with van der Waals surface area (Å²) < 4.78 is 24.8. The van der Waals surface area contributed by atoms with Gasteiger partial charge in [0.2, 0.25) is 0 Å². The normalized spacial score (nSPS) is 25.7. The summed E-state index contributed by atoms with van der Waals surface area (Å²) in [6, 6.07) is -0.368. The van der Waals surface area contributed by atoms with Crippen LogP contribution in [-0.2, 0) is 23.1 Å². The predicted molar refractivity (Wildman–Crippen MR) is 128 cm³/mol. The van der Waals surface area contributed by atoms with Crippen LogP contribution in [0.3, 0.4) is 0 Å². The molecule has 0 aromatic heterocycles. The third-order valence-corrected chi connectivity index (χ3v) is 16.0. The first-order valence-electron chi connectivity index (χ1n) is 11.3. The van der Waals surface area contributed by atoms with Crippen LogP contribution in [0, 0.1) is 0 Å². The summed E-state index contributed by atoms with van der Waals surface area (Å²) in [5, 5.41) is 0.245. The third kappa shape index (κ3) is 8.35. The first-order chi connectivity index (χ1) is 13.5. The van der Waals surface area contributed by atoms with Crippen LogP contribution >= 0.6 is 0 Å². The summed E-state index contributed by atoms with van der Waals surface area (Å²) >= 11 is 0. The second-order valence-corrected chi connectivity index (χ2v) is 21.2. The minimum absolute atomic E-state index is 0.0809. The summed E-state index contributed by atoms with van der Waals surface area (Å²) in [6.45, 7) is 23.7. The second-order valence-electron chi connectivity index (χ2n) is 11.7. The Kier molecular flexibility index (Phi) is 9.79. The monoisotopic (exact) mass is 461 g/mol. The maximum absolute atomic E-state index is 11.9. The van der Waals surface area contributed by atoms with E-state index in [9.17, 15) is 4.79 Å². The topological polar surface area (TPSA) is 80.0 Å². The van der Waals surface area contributed by atoms with Gasteiger partial charge in [0.1, 0.15) is 0 Å². The molecule has 30 heavy (non-hydrogen) atoms. The van der Waals surface area contributed by atoms with E-state index in [0.717, 1.165) is 6.42 Å². The highest BCUT2D eigenvalue weighted by molar-refractivity contribution is 6.74. The molecule has 1 rings (SSSR count). The lowest BCUT2D eigenvalue weighted by molar-refractivity contribution is -0.147. The van der Waals surface area contributed by atoms with Crippen molar-refractivity contribution in [3.63, 3.8) is 0 Å². The van der Waals surface area contributed by atoms with E-state index in [0.29, 0.717) is 26.2 Å². The van der Waals surface area contributed by atoms with Crippen LogP contribution < -0.4 is 5.73 Å². The molecule has 6 nitrogen and oxygen atoms in total. The van der Waals surface area contributed by atoms with E-state index in [1.165, 1.54) is 0 Å². The number of nitrogens with two attached hydrogens (primary N) is 1. The number of hydrogen-bond donors (Lipinski definition) is 1. The van der Waals surface area contributed by atoms with Gasteiger partial charge >= 0.3 is 5.97 Å². The van der Waals surface area contributed by atoms with Crippen molar-refractivity contribution >= 4 is 22.6 Å². The number of rotatable bonds is 6. The molecular weight excluding hydrogens is 414 g/mol. The summed E-state index contributed by atoms with van der Waals surface area (Å²) in [4.78, 5) is 11.9. The largest absolute Gasteiger partial charge is 0.466 e. The van der Waals surface area contributed by atoms with Gasteiger partial charge in [0, 0.05) is 19.1 Å². The van der Waals surface area contributed by atoms with Gasteiger partial charge in [-0.2, -0.15) is 0 Å². The molecule has 1 saturated heterocycles. The molecule has 0 amide bonds. The molecule has 178 valence electrons. The number of carbonyl (C=O) groups excluding carboxylic acids is 1. The minimum Gasteiger partial charge on any atom is -0.466 e. The molecule has 0 saturated carbocycles. The standard InChI is InChI=1S/C22H47NO5Si2/c1-21(2,3)29(7,8)27-14-12-18-19(28-30(9,10)22(4,5)6)11-13-25-20(24)15-17(23)16-26-18/h17-19H,11-16,23H2,1-10H3/t17-,18+,19+/m0/s1. The van der Waals surface area contributed by atoms with Crippen LogP contribution in [0.25, 0.3) is 0 Å². The molecule has 0 radical (unpaired) electrons. The average Bonchev–Trinajstić information content (AvgIpc) is 2.54. The van der Waals surface area contributed by atoms with Crippen molar-refractivity contribution in [3.8, 4) is 0 Å². The van der Waals surface area contributed by atoms with Gasteiger partial charge in [0.15, 0.2) is 16.6 Å². The van der Waals surface area contributed by atoms with Gasteiger partial charge in [-0.15, -0.1) is 0 Å². The second kappa shape index (κ2) is 10.6. The van der Waals surface area contributed by atoms with Crippen molar-refractivity contribution in [1.29, 1.82) is 0 Å². The Bertz CT molecular complexity index is 555. The average molecular weight is 462 g/mol. The molecule has 3 atom stereocenters. The van der Waals surface area contributed by atoms with Gasteiger partial charge < -0.3 is 24.1 Å². The van der Waals surface area contributed by atoms with E-state index >= 15 is 0 Å². The van der Waals surface area contributed by atoms with E-state index in [4.69, 9.17) is 24.1 Å². The minimum atomic E-state index is -2.03. The third-order valence-electron chi connectivity index (χ3n) is 6.96. The van der Waals surface area contributed by atoms with Gasteiger partial charge in [-0.1, -0.05) is 41.5 Å². The summed E-state index contributed by atoms with van der Waals surface area (Å²) in [6.07, 6.45) is 1.27. The Hall–Kier alpha value is -0.256. The smallest absolute Gasteiger partial charge is 0.307 e.